The summed E-state index contributed by atoms with van der Waals surface area (Å²) in [5, 5.41) is 1.01. The van der Waals surface area contributed by atoms with Crippen molar-refractivity contribution < 1.29 is 13.2 Å². The largest absolute Gasteiger partial charge is 0.433 e. The SMILES string of the molecule is CCSc1cc2ccccc2nc1-c1cn2cnc(C(F)(F)F)cc2n1. The van der Waals surface area contributed by atoms with Crippen LogP contribution in [0.1, 0.15) is 12.6 Å². The number of hydrogen-bond donors (Lipinski definition) is 0. The summed E-state index contributed by atoms with van der Waals surface area (Å²) in [6.07, 6.45) is -1.72. The molecule has 8 heteroatoms. The van der Waals surface area contributed by atoms with Gasteiger partial charge in [-0.25, -0.2) is 15.0 Å². The fraction of sp³-hybridized carbons (Fsp3) is 0.167. The number of imidazole rings is 1. The predicted molar refractivity (Wildman–Crippen MR) is 95.1 cm³/mol. The molecule has 0 aliphatic rings. The molecule has 0 bridgehead atoms. The van der Waals surface area contributed by atoms with Gasteiger partial charge in [0.1, 0.15) is 29.1 Å². The summed E-state index contributed by atoms with van der Waals surface area (Å²) in [4.78, 5) is 13.5. The third-order valence-corrected chi connectivity index (χ3v) is 4.78. The van der Waals surface area contributed by atoms with Crippen LogP contribution in [-0.4, -0.2) is 25.1 Å². The Hall–Kier alpha value is -2.61. The Balaban J connectivity index is 1.89. The van der Waals surface area contributed by atoms with Gasteiger partial charge in [-0.05, 0) is 17.9 Å². The molecule has 0 amide bonds. The molecular formula is C18H13F3N4S. The summed E-state index contributed by atoms with van der Waals surface area (Å²) in [5.41, 5.74) is 1.22. The van der Waals surface area contributed by atoms with Crippen molar-refractivity contribution in [1.29, 1.82) is 0 Å². The van der Waals surface area contributed by atoms with E-state index in [4.69, 9.17) is 4.98 Å². The number of para-hydroxylation sites is 1. The second kappa shape index (κ2) is 6.28. The van der Waals surface area contributed by atoms with Crippen molar-refractivity contribution in [2.45, 2.75) is 18.0 Å². The second-order valence-corrected chi connectivity index (χ2v) is 6.93. The maximum absolute atomic E-state index is 12.9. The molecule has 0 saturated carbocycles. The molecule has 0 fully saturated rings. The highest BCUT2D eigenvalue weighted by Gasteiger charge is 2.33. The Morgan fingerprint density at radius 2 is 1.92 bits per heavy atom. The Kier molecular flexibility index (Phi) is 4.07. The molecule has 0 radical (unpaired) electrons. The van der Waals surface area contributed by atoms with E-state index in [2.05, 4.69) is 9.97 Å². The zero-order chi connectivity index (χ0) is 18.3. The van der Waals surface area contributed by atoms with Crippen molar-refractivity contribution in [3.63, 3.8) is 0 Å². The first kappa shape index (κ1) is 16.8. The second-order valence-electron chi connectivity index (χ2n) is 5.62. The lowest BCUT2D eigenvalue weighted by atomic mass is 10.2. The third-order valence-electron chi connectivity index (χ3n) is 3.87. The first-order chi connectivity index (χ1) is 12.5. The van der Waals surface area contributed by atoms with Crippen LogP contribution < -0.4 is 0 Å². The highest BCUT2D eigenvalue weighted by molar-refractivity contribution is 7.99. The van der Waals surface area contributed by atoms with Gasteiger partial charge in [0.15, 0.2) is 0 Å². The number of alkyl halides is 3. The number of pyridine rings is 1. The third kappa shape index (κ3) is 3.01. The van der Waals surface area contributed by atoms with E-state index in [0.29, 0.717) is 11.4 Å². The molecule has 0 N–H and O–H groups in total. The van der Waals surface area contributed by atoms with E-state index >= 15 is 0 Å². The van der Waals surface area contributed by atoms with Crippen LogP contribution in [0.3, 0.4) is 0 Å². The first-order valence-electron chi connectivity index (χ1n) is 7.90. The van der Waals surface area contributed by atoms with E-state index in [1.165, 1.54) is 4.40 Å². The van der Waals surface area contributed by atoms with Gasteiger partial charge in [-0.15, -0.1) is 11.8 Å². The van der Waals surface area contributed by atoms with Gasteiger partial charge >= 0.3 is 6.18 Å². The lowest BCUT2D eigenvalue weighted by molar-refractivity contribution is -0.141. The number of hydrogen-bond acceptors (Lipinski definition) is 4. The van der Waals surface area contributed by atoms with Crippen LogP contribution >= 0.6 is 11.8 Å². The predicted octanol–water partition coefficient (Wildman–Crippen LogP) is 5.08. The van der Waals surface area contributed by atoms with Crippen LogP contribution in [-0.2, 0) is 6.18 Å². The summed E-state index contributed by atoms with van der Waals surface area (Å²) in [6.45, 7) is 2.03. The van der Waals surface area contributed by atoms with Crippen molar-refractivity contribution in [3.05, 3.63) is 54.6 Å². The molecule has 132 valence electrons. The number of thioether (sulfide) groups is 1. The van der Waals surface area contributed by atoms with E-state index in [0.717, 1.165) is 33.9 Å². The van der Waals surface area contributed by atoms with Crippen molar-refractivity contribution >= 4 is 28.3 Å². The average molecular weight is 374 g/mol. The highest BCUT2D eigenvalue weighted by Crippen LogP contribution is 2.33. The van der Waals surface area contributed by atoms with Crippen LogP contribution in [0, 0.1) is 0 Å². The minimum absolute atomic E-state index is 0.185. The van der Waals surface area contributed by atoms with Gasteiger partial charge in [0.05, 0.1) is 5.52 Å². The minimum atomic E-state index is -4.50. The topological polar surface area (TPSA) is 43.1 Å². The zero-order valence-electron chi connectivity index (χ0n) is 13.7. The fourth-order valence-corrected chi connectivity index (χ4v) is 3.51. The Bertz CT molecular complexity index is 1100. The standard InChI is InChI=1S/C18H13F3N4S/c1-2-26-14-7-11-5-3-4-6-12(11)24-17(14)13-9-25-10-22-15(18(19,20)21)8-16(25)23-13/h3-10H,2H2,1H3. The molecule has 3 heterocycles. The molecule has 26 heavy (non-hydrogen) atoms. The lowest BCUT2D eigenvalue weighted by Crippen LogP contribution is -2.08. The molecule has 0 unspecified atom stereocenters. The number of nitrogens with zero attached hydrogens (tertiary/aromatic N) is 4. The number of benzene rings is 1. The molecule has 4 nitrogen and oxygen atoms in total. The molecule has 0 aliphatic heterocycles. The maximum atomic E-state index is 12.9. The van der Waals surface area contributed by atoms with Crippen molar-refractivity contribution in [1.82, 2.24) is 19.4 Å². The van der Waals surface area contributed by atoms with Gasteiger partial charge in [0.25, 0.3) is 0 Å². The van der Waals surface area contributed by atoms with Crippen LogP contribution in [0.5, 0.6) is 0 Å². The van der Waals surface area contributed by atoms with E-state index in [9.17, 15) is 13.2 Å². The Morgan fingerprint density at radius 3 is 2.69 bits per heavy atom. The molecule has 0 aliphatic carbocycles. The van der Waals surface area contributed by atoms with E-state index in [1.54, 1.807) is 18.0 Å². The molecule has 4 rings (SSSR count). The van der Waals surface area contributed by atoms with Gasteiger partial charge in [-0.2, -0.15) is 13.2 Å². The maximum Gasteiger partial charge on any atom is 0.433 e. The molecular weight excluding hydrogens is 361 g/mol. The summed E-state index contributed by atoms with van der Waals surface area (Å²) in [6, 6.07) is 10.7. The average Bonchev–Trinajstić information content (AvgIpc) is 3.03. The monoisotopic (exact) mass is 374 g/mol. The normalized spacial score (nSPS) is 12.2. The van der Waals surface area contributed by atoms with Crippen LogP contribution in [0.4, 0.5) is 13.2 Å². The van der Waals surface area contributed by atoms with Gasteiger partial charge in [-0.3, -0.25) is 4.40 Å². The van der Waals surface area contributed by atoms with Gasteiger partial charge in [0, 0.05) is 22.5 Å². The smallest absolute Gasteiger partial charge is 0.290 e. The highest BCUT2D eigenvalue weighted by atomic mass is 32.2. The Morgan fingerprint density at radius 1 is 1.12 bits per heavy atom. The molecule has 1 aromatic carbocycles. The number of aromatic nitrogens is 4. The summed E-state index contributed by atoms with van der Waals surface area (Å²) >= 11 is 1.62. The molecule has 0 atom stereocenters. The fourth-order valence-electron chi connectivity index (χ4n) is 2.71. The molecule has 4 aromatic rings. The van der Waals surface area contributed by atoms with Crippen molar-refractivity contribution in [2.24, 2.45) is 0 Å². The van der Waals surface area contributed by atoms with Crippen molar-refractivity contribution in [3.8, 4) is 11.4 Å². The number of fused-ring (bicyclic) bond motifs is 2. The summed E-state index contributed by atoms with van der Waals surface area (Å²) < 4.78 is 40.1. The van der Waals surface area contributed by atoms with E-state index in [-0.39, 0.29) is 5.65 Å². The molecule has 0 saturated heterocycles. The minimum Gasteiger partial charge on any atom is -0.290 e. The van der Waals surface area contributed by atoms with Crippen LogP contribution in [0.25, 0.3) is 27.9 Å². The van der Waals surface area contributed by atoms with Gasteiger partial charge in [-0.1, -0.05) is 25.1 Å². The summed E-state index contributed by atoms with van der Waals surface area (Å²) in [7, 11) is 0. The van der Waals surface area contributed by atoms with Crippen LogP contribution in [0.15, 0.2) is 53.8 Å². The molecule has 0 spiro atoms. The quantitative estimate of drug-likeness (QED) is 0.469. The van der Waals surface area contributed by atoms with E-state index < -0.39 is 11.9 Å². The van der Waals surface area contributed by atoms with Crippen LogP contribution in [0.2, 0.25) is 0 Å². The van der Waals surface area contributed by atoms with E-state index in [1.807, 2.05) is 37.3 Å². The van der Waals surface area contributed by atoms with Gasteiger partial charge in [0.2, 0.25) is 0 Å². The summed E-state index contributed by atoms with van der Waals surface area (Å²) in [5.74, 6) is 0.847. The lowest BCUT2D eigenvalue weighted by Gasteiger charge is -2.07. The number of halogens is 3. The van der Waals surface area contributed by atoms with Crippen molar-refractivity contribution in [2.75, 3.05) is 5.75 Å². The van der Waals surface area contributed by atoms with Gasteiger partial charge < -0.3 is 0 Å². The Labute approximate surface area is 151 Å². The molecule has 3 aromatic heterocycles. The first-order valence-corrected chi connectivity index (χ1v) is 8.89. The zero-order valence-corrected chi connectivity index (χ0v) is 14.5. The number of rotatable bonds is 3.